The van der Waals surface area contributed by atoms with E-state index in [4.69, 9.17) is 4.74 Å². The number of thiophene rings is 2. The lowest BCUT2D eigenvalue weighted by Crippen LogP contribution is -1.95. The summed E-state index contributed by atoms with van der Waals surface area (Å²) in [7, 11) is 0. The maximum atomic E-state index is 6.01. The van der Waals surface area contributed by atoms with Crippen LogP contribution in [0.3, 0.4) is 0 Å². The molecule has 3 heterocycles. The zero-order valence-corrected chi connectivity index (χ0v) is 21.0. The van der Waals surface area contributed by atoms with Crippen molar-refractivity contribution >= 4 is 32.1 Å². The molecule has 0 aliphatic heterocycles. The first-order valence-electron chi connectivity index (χ1n) is 12.3. The molecule has 3 aromatic rings. The summed E-state index contributed by atoms with van der Waals surface area (Å²) in [4.78, 5) is 10.3. The smallest absolute Gasteiger partial charge is 0.175 e. The molecule has 0 aliphatic rings. The van der Waals surface area contributed by atoms with Crippen LogP contribution in [-0.4, -0.2) is 16.6 Å². The largest absolute Gasteiger partial charge is 0.484 e. The molecule has 5 heteroatoms. The van der Waals surface area contributed by atoms with Crippen molar-refractivity contribution in [2.24, 2.45) is 0 Å². The Morgan fingerprint density at radius 1 is 0.710 bits per heavy atom. The highest BCUT2D eigenvalue weighted by Gasteiger charge is 2.11. The van der Waals surface area contributed by atoms with E-state index in [1.54, 1.807) is 22.7 Å². The van der Waals surface area contributed by atoms with Crippen LogP contribution < -0.4 is 4.74 Å². The molecule has 0 saturated carbocycles. The monoisotopic (exact) mass is 458 g/mol. The predicted octanol–water partition coefficient (Wildman–Crippen LogP) is 9.06. The zero-order chi connectivity index (χ0) is 21.7. The molecule has 0 saturated heterocycles. The zero-order valence-electron chi connectivity index (χ0n) is 19.3. The number of nitrogens with zero attached hydrogens (tertiary/aromatic N) is 2. The molecule has 3 nitrogen and oxygen atoms in total. The van der Waals surface area contributed by atoms with Gasteiger partial charge in [0.05, 0.1) is 11.5 Å². The molecule has 3 aromatic heterocycles. The highest BCUT2D eigenvalue weighted by Crippen LogP contribution is 2.40. The topological polar surface area (TPSA) is 35.0 Å². The summed E-state index contributed by atoms with van der Waals surface area (Å²) >= 11 is 3.50. The summed E-state index contributed by atoms with van der Waals surface area (Å²) in [6, 6.07) is 4.39. The maximum Gasteiger partial charge on any atom is 0.175 e. The van der Waals surface area contributed by atoms with Crippen LogP contribution in [0, 0.1) is 0 Å². The number of aromatic nitrogens is 2. The van der Waals surface area contributed by atoms with E-state index in [0.29, 0.717) is 0 Å². The van der Waals surface area contributed by atoms with E-state index < -0.39 is 0 Å². The predicted molar refractivity (Wildman–Crippen MR) is 137 cm³/mol. The number of fused-ring (bicyclic) bond motifs is 1. The average molecular weight is 459 g/mol. The van der Waals surface area contributed by atoms with E-state index in [1.165, 1.54) is 85.6 Å². The summed E-state index contributed by atoms with van der Waals surface area (Å²) in [5.41, 5.74) is 1.23. The van der Waals surface area contributed by atoms with Crippen LogP contribution in [0.15, 0.2) is 24.5 Å². The second-order valence-electron chi connectivity index (χ2n) is 8.45. The van der Waals surface area contributed by atoms with Crippen LogP contribution in [-0.2, 0) is 6.42 Å². The highest BCUT2D eigenvalue weighted by molar-refractivity contribution is 7.30. The molecule has 0 radical (unpaired) electrons. The van der Waals surface area contributed by atoms with Gasteiger partial charge in [-0.1, -0.05) is 89.4 Å². The SMILES string of the molecule is CCCCCCCCCCCCOc1cc2sc(-c3ncc(CCCC)cn3)cc2s1. The van der Waals surface area contributed by atoms with E-state index in [2.05, 4.69) is 35.9 Å². The molecule has 0 aliphatic carbocycles. The molecule has 0 unspecified atom stereocenters. The van der Waals surface area contributed by atoms with Gasteiger partial charge >= 0.3 is 0 Å². The molecule has 0 spiro atoms. The molecule has 0 aromatic carbocycles. The third-order valence-corrected chi connectivity index (χ3v) is 7.87. The van der Waals surface area contributed by atoms with Crippen molar-refractivity contribution in [3.05, 3.63) is 30.1 Å². The van der Waals surface area contributed by atoms with Crippen LogP contribution >= 0.6 is 22.7 Å². The maximum absolute atomic E-state index is 6.01. The van der Waals surface area contributed by atoms with Crippen LogP contribution in [0.5, 0.6) is 5.06 Å². The molecule has 170 valence electrons. The third kappa shape index (κ3) is 8.19. The standard InChI is InChI=1S/C26H38N2OS2/c1-3-5-7-8-9-10-11-12-13-14-16-29-25-18-23-22(31-25)17-24(30-23)26-27-19-21(20-28-26)15-6-4-2/h17-20H,3-16H2,1-2H3. The van der Waals surface area contributed by atoms with Gasteiger partial charge < -0.3 is 4.74 Å². The van der Waals surface area contributed by atoms with Gasteiger partial charge in [0.1, 0.15) is 0 Å². The molecular formula is C26H38N2OS2. The van der Waals surface area contributed by atoms with E-state index in [1.807, 2.05) is 12.4 Å². The van der Waals surface area contributed by atoms with Crippen molar-refractivity contribution in [2.75, 3.05) is 6.61 Å². The van der Waals surface area contributed by atoms with Gasteiger partial charge in [0.15, 0.2) is 10.9 Å². The minimum atomic E-state index is 0.833. The van der Waals surface area contributed by atoms with Crippen molar-refractivity contribution in [1.29, 1.82) is 0 Å². The van der Waals surface area contributed by atoms with Gasteiger partial charge in [0.25, 0.3) is 0 Å². The minimum Gasteiger partial charge on any atom is -0.484 e. The Hall–Kier alpha value is -1.46. The summed E-state index contributed by atoms with van der Waals surface area (Å²) < 4.78 is 8.56. The quantitative estimate of drug-likeness (QED) is 0.201. The Bertz CT molecular complexity index is 838. The summed E-state index contributed by atoms with van der Waals surface area (Å²) in [6.45, 7) is 5.32. The first-order chi connectivity index (χ1) is 15.3. The number of unbranched alkanes of at least 4 members (excludes halogenated alkanes) is 10. The van der Waals surface area contributed by atoms with Crippen molar-refractivity contribution < 1.29 is 4.74 Å². The summed E-state index contributed by atoms with van der Waals surface area (Å²) in [5, 5.41) is 1.04. The number of hydrogen-bond acceptors (Lipinski definition) is 5. The van der Waals surface area contributed by atoms with E-state index in [0.717, 1.165) is 35.2 Å². The second-order valence-corrected chi connectivity index (χ2v) is 10.6. The van der Waals surface area contributed by atoms with Crippen molar-refractivity contribution in [1.82, 2.24) is 9.97 Å². The second kappa shape index (κ2) is 13.8. The van der Waals surface area contributed by atoms with Gasteiger partial charge in [-0.3, -0.25) is 0 Å². The first kappa shape index (κ1) is 24.2. The van der Waals surface area contributed by atoms with Crippen molar-refractivity contribution in [3.8, 4) is 15.8 Å². The van der Waals surface area contributed by atoms with Gasteiger partial charge in [-0.15, -0.1) is 11.3 Å². The number of hydrogen-bond donors (Lipinski definition) is 0. The molecule has 0 amide bonds. The van der Waals surface area contributed by atoms with Gasteiger partial charge in [0.2, 0.25) is 0 Å². The Kier molecular flexibility index (Phi) is 10.8. The third-order valence-electron chi connectivity index (χ3n) is 5.67. The Labute approximate surface area is 196 Å². The van der Waals surface area contributed by atoms with E-state index >= 15 is 0 Å². The van der Waals surface area contributed by atoms with Crippen LogP contribution in [0.2, 0.25) is 0 Å². The lowest BCUT2D eigenvalue weighted by Gasteiger charge is -2.04. The molecule has 0 atom stereocenters. The number of rotatable bonds is 16. The number of ether oxygens (including phenoxy) is 1. The van der Waals surface area contributed by atoms with Crippen molar-refractivity contribution in [3.63, 3.8) is 0 Å². The van der Waals surface area contributed by atoms with Gasteiger partial charge in [-0.2, -0.15) is 0 Å². The molecule has 0 fully saturated rings. The lowest BCUT2D eigenvalue weighted by atomic mass is 10.1. The first-order valence-corrected chi connectivity index (χ1v) is 13.9. The fourth-order valence-corrected chi connectivity index (χ4v) is 5.96. The van der Waals surface area contributed by atoms with Gasteiger partial charge in [-0.25, -0.2) is 9.97 Å². The van der Waals surface area contributed by atoms with Crippen molar-refractivity contribution in [2.45, 2.75) is 97.3 Å². The van der Waals surface area contributed by atoms with Gasteiger partial charge in [0, 0.05) is 27.9 Å². The summed E-state index contributed by atoms with van der Waals surface area (Å²) in [5.74, 6) is 0.835. The number of aryl methyl sites for hydroxylation is 1. The Morgan fingerprint density at radius 3 is 1.97 bits per heavy atom. The average Bonchev–Trinajstić information content (AvgIpc) is 3.35. The van der Waals surface area contributed by atoms with E-state index in [-0.39, 0.29) is 0 Å². The minimum absolute atomic E-state index is 0.833. The van der Waals surface area contributed by atoms with Crippen LogP contribution in [0.25, 0.3) is 20.1 Å². The molecular weight excluding hydrogens is 420 g/mol. The highest BCUT2D eigenvalue weighted by atomic mass is 32.1. The molecule has 31 heavy (non-hydrogen) atoms. The Balaban J connectivity index is 1.34. The normalized spacial score (nSPS) is 11.4. The fraction of sp³-hybridized carbons (Fsp3) is 0.615. The summed E-state index contributed by atoms with van der Waals surface area (Å²) in [6.07, 6.45) is 21.0. The molecule has 0 bridgehead atoms. The molecule has 3 rings (SSSR count). The fourth-order valence-electron chi connectivity index (χ4n) is 3.75. The Morgan fingerprint density at radius 2 is 1.32 bits per heavy atom. The van der Waals surface area contributed by atoms with E-state index in [9.17, 15) is 0 Å². The molecule has 0 N–H and O–H groups in total. The van der Waals surface area contributed by atoms with Crippen LogP contribution in [0.1, 0.15) is 96.5 Å². The van der Waals surface area contributed by atoms with Gasteiger partial charge in [-0.05, 0) is 30.9 Å². The van der Waals surface area contributed by atoms with Crippen LogP contribution in [0.4, 0.5) is 0 Å². The lowest BCUT2D eigenvalue weighted by molar-refractivity contribution is 0.313.